The molecule has 0 unspecified atom stereocenters. The first kappa shape index (κ1) is 25.7. The minimum Gasteiger partial charge on any atom is -0.466 e. The molecule has 6 heteroatoms. The third kappa shape index (κ3) is 20.9. The Labute approximate surface area is 166 Å². The highest BCUT2D eigenvalue weighted by Gasteiger charge is 2.15. The molecular weight excluding hydrogens is 344 g/mol. The first-order valence-electron chi connectivity index (χ1n) is 10.7. The van der Waals surface area contributed by atoms with Crippen molar-refractivity contribution in [3.63, 3.8) is 0 Å². The Hall–Kier alpha value is -1.30. The second kappa shape index (κ2) is 16.8. The van der Waals surface area contributed by atoms with Crippen LogP contribution in [0.4, 0.5) is 4.79 Å². The fourth-order valence-corrected chi connectivity index (χ4v) is 2.55. The van der Waals surface area contributed by atoms with Crippen LogP contribution in [-0.2, 0) is 14.3 Å². The van der Waals surface area contributed by atoms with Crippen LogP contribution in [0.2, 0.25) is 0 Å². The molecule has 0 aromatic carbocycles. The maximum atomic E-state index is 11.6. The lowest BCUT2D eigenvalue weighted by atomic mass is 10.1. The van der Waals surface area contributed by atoms with Gasteiger partial charge in [0.05, 0.1) is 13.0 Å². The Balaban J connectivity index is 3.32. The second-order valence-corrected chi connectivity index (χ2v) is 7.98. The third-order valence-corrected chi connectivity index (χ3v) is 3.99. The number of hydrogen-bond donors (Lipinski definition) is 2. The molecule has 0 aromatic rings. The Kier molecular flexibility index (Phi) is 16.0. The van der Waals surface area contributed by atoms with E-state index in [0.29, 0.717) is 32.7 Å². The van der Waals surface area contributed by atoms with Gasteiger partial charge in [-0.25, -0.2) is 4.79 Å². The molecule has 1 amide bonds. The quantitative estimate of drug-likeness (QED) is 0.300. The van der Waals surface area contributed by atoms with Crippen LogP contribution >= 0.6 is 0 Å². The molecule has 0 spiro atoms. The first-order chi connectivity index (χ1) is 12.8. The summed E-state index contributed by atoms with van der Waals surface area (Å²) in [6, 6.07) is 0. The molecule has 6 nitrogen and oxygen atoms in total. The van der Waals surface area contributed by atoms with Crippen molar-refractivity contribution in [2.45, 2.75) is 97.5 Å². The Morgan fingerprint density at radius 3 is 2.00 bits per heavy atom. The lowest BCUT2D eigenvalue weighted by Crippen LogP contribution is -2.36. The number of carbonyl (C=O) groups is 2. The number of esters is 1. The van der Waals surface area contributed by atoms with Crippen LogP contribution in [0.15, 0.2) is 0 Å². The molecule has 0 aliphatic heterocycles. The highest BCUT2D eigenvalue weighted by Crippen LogP contribution is 2.09. The molecule has 0 fully saturated rings. The number of rotatable bonds is 16. The number of hydrogen-bond acceptors (Lipinski definition) is 5. The molecule has 0 bridgehead atoms. The molecule has 0 radical (unpaired) electrons. The smallest absolute Gasteiger partial charge is 0.407 e. The fraction of sp³-hybridized carbons (Fsp3) is 0.905. The average molecular weight is 387 g/mol. The molecule has 27 heavy (non-hydrogen) atoms. The van der Waals surface area contributed by atoms with Crippen molar-refractivity contribution in [3.05, 3.63) is 0 Å². The van der Waals surface area contributed by atoms with Crippen LogP contribution in [0.3, 0.4) is 0 Å². The van der Waals surface area contributed by atoms with Gasteiger partial charge < -0.3 is 20.1 Å². The molecule has 2 N–H and O–H groups in total. The van der Waals surface area contributed by atoms with E-state index in [1.54, 1.807) is 0 Å². The minimum absolute atomic E-state index is 0.165. The molecule has 0 aliphatic rings. The predicted octanol–water partition coefficient (Wildman–Crippen LogP) is 4.56. The lowest BCUT2D eigenvalue weighted by molar-refractivity contribution is -0.143. The summed E-state index contributed by atoms with van der Waals surface area (Å²) in [5, 5.41) is 5.76. The zero-order valence-corrected chi connectivity index (χ0v) is 18.0. The van der Waals surface area contributed by atoms with Crippen molar-refractivity contribution < 1.29 is 19.1 Å². The van der Waals surface area contributed by atoms with Crippen molar-refractivity contribution in [1.82, 2.24) is 10.6 Å². The molecule has 0 atom stereocenters. The van der Waals surface area contributed by atoms with Gasteiger partial charge >= 0.3 is 12.1 Å². The van der Waals surface area contributed by atoms with E-state index in [0.717, 1.165) is 12.8 Å². The van der Waals surface area contributed by atoms with Gasteiger partial charge in [-0.2, -0.15) is 0 Å². The lowest BCUT2D eigenvalue weighted by Gasteiger charge is -2.19. The largest absolute Gasteiger partial charge is 0.466 e. The normalized spacial score (nSPS) is 11.3. The van der Waals surface area contributed by atoms with Gasteiger partial charge in [-0.15, -0.1) is 0 Å². The third-order valence-electron chi connectivity index (χ3n) is 3.99. The zero-order chi connectivity index (χ0) is 20.4. The van der Waals surface area contributed by atoms with E-state index in [9.17, 15) is 9.59 Å². The van der Waals surface area contributed by atoms with E-state index in [4.69, 9.17) is 9.47 Å². The standard InChI is InChI=1S/C21H42N2O4/c1-5-6-7-8-9-10-11-12-13-18-26-19(24)14-15-22-16-17-23-20(25)27-21(2,3)4/h22H,5-18H2,1-4H3,(H,23,25). The molecule has 0 aliphatic carbocycles. The number of ether oxygens (including phenoxy) is 2. The summed E-state index contributed by atoms with van der Waals surface area (Å²) in [7, 11) is 0. The van der Waals surface area contributed by atoms with Crippen LogP contribution in [-0.4, -0.2) is 43.9 Å². The van der Waals surface area contributed by atoms with Crippen LogP contribution in [0.1, 0.15) is 91.9 Å². The van der Waals surface area contributed by atoms with E-state index in [-0.39, 0.29) is 5.97 Å². The topological polar surface area (TPSA) is 76.7 Å². The van der Waals surface area contributed by atoms with Crippen LogP contribution in [0.5, 0.6) is 0 Å². The minimum atomic E-state index is -0.490. The first-order valence-corrected chi connectivity index (χ1v) is 10.7. The van der Waals surface area contributed by atoms with Gasteiger partial charge in [0.25, 0.3) is 0 Å². The number of unbranched alkanes of at least 4 members (excludes halogenated alkanes) is 8. The maximum absolute atomic E-state index is 11.6. The average Bonchev–Trinajstić information content (AvgIpc) is 2.58. The summed E-state index contributed by atoms with van der Waals surface area (Å²) >= 11 is 0. The van der Waals surface area contributed by atoms with Crippen LogP contribution < -0.4 is 10.6 Å². The van der Waals surface area contributed by atoms with Gasteiger partial charge in [-0.3, -0.25) is 4.79 Å². The summed E-state index contributed by atoms with van der Waals surface area (Å²) in [4.78, 5) is 23.1. The van der Waals surface area contributed by atoms with Crippen molar-refractivity contribution in [3.8, 4) is 0 Å². The molecule has 0 rings (SSSR count). The van der Waals surface area contributed by atoms with Crippen molar-refractivity contribution in [2.24, 2.45) is 0 Å². The predicted molar refractivity (Wildman–Crippen MR) is 110 cm³/mol. The number of alkyl carbamates (subject to hydrolysis) is 1. The van der Waals surface area contributed by atoms with Gasteiger partial charge in [-0.05, 0) is 27.2 Å². The van der Waals surface area contributed by atoms with E-state index < -0.39 is 11.7 Å². The van der Waals surface area contributed by atoms with E-state index in [2.05, 4.69) is 17.6 Å². The summed E-state index contributed by atoms with van der Waals surface area (Å²) in [5.41, 5.74) is -0.490. The van der Waals surface area contributed by atoms with E-state index >= 15 is 0 Å². The van der Waals surface area contributed by atoms with Gasteiger partial charge in [-0.1, -0.05) is 58.3 Å². The van der Waals surface area contributed by atoms with Crippen LogP contribution in [0.25, 0.3) is 0 Å². The Morgan fingerprint density at radius 2 is 1.41 bits per heavy atom. The van der Waals surface area contributed by atoms with Crippen molar-refractivity contribution in [1.29, 1.82) is 0 Å². The van der Waals surface area contributed by atoms with Crippen molar-refractivity contribution >= 4 is 12.1 Å². The molecular formula is C21H42N2O4. The number of nitrogens with one attached hydrogen (secondary N) is 2. The monoisotopic (exact) mass is 386 g/mol. The van der Waals surface area contributed by atoms with Crippen molar-refractivity contribution in [2.75, 3.05) is 26.2 Å². The molecule has 0 heterocycles. The second-order valence-electron chi connectivity index (χ2n) is 7.98. The van der Waals surface area contributed by atoms with Gasteiger partial charge in [0.15, 0.2) is 0 Å². The summed E-state index contributed by atoms with van der Waals surface area (Å²) in [6.45, 7) is 9.83. The van der Waals surface area contributed by atoms with Crippen LogP contribution in [0, 0.1) is 0 Å². The summed E-state index contributed by atoms with van der Waals surface area (Å²) in [6.07, 6.45) is 11.2. The zero-order valence-electron chi connectivity index (χ0n) is 18.0. The van der Waals surface area contributed by atoms with E-state index in [1.165, 1.54) is 44.9 Å². The molecule has 0 saturated carbocycles. The van der Waals surface area contributed by atoms with E-state index in [1.807, 2.05) is 20.8 Å². The number of amides is 1. The van der Waals surface area contributed by atoms with Gasteiger partial charge in [0, 0.05) is 19.6 Å². The number of carbonyl (C=O) groups excluding carboxylic acids is 2. The highest BCUT2D eigenvalue weighted by molar-refractivity contribution is 5.69. The van der Waals surface area contributed by atoms with Gasteiger partial charge in [0.2, 0.25) is 0 Å². The Bertz CT molecular complexity index is 381. The van der Waals surface area contributed by atoms with Gasteiger partial charge in [0.1, 0.15) is 5.60 Å². The summed E-state index contributed by atoms with van der Waals surface area (Å²) in [5.74, 6) is -0.165. The summed E-state index contributed by atoms with van der Waals surface area (Å²) < 4.78 is 10.4. The Morgan fingerprint density at radius 1 is 0.815 bits per heavy atom. The molecule has 160 valence electrons. The molecule has 0 saturated heterocycles. The highest BCUT2D eigenvalue weighted by atomic mass is 16.6. The fourth-order valence-electron chi connectivity index (χ4n) is 2.55. The SMILES string of the molecule is CCCCCCCCCCCOC(=O)CCNCCNC(=O)OC(C)(C)C. The maximum Gasteiger partial charge on any atom is 0.407 e. The molecule has 0 aromatic heterocycles.